The number of hydrogen-bond acceptors (Lipinski definition) is 3. The molecule has 0 bridgehead atoms. The predicted octanol–water partition coefficient (Wildman–Crippen LogP) is 1.58. The lowest BCUT2D eigenvalue weighted by Crippen LogP contribution is -2.43. The van der Waals surface area contributed by atoms with E-state index in [4.69, 9.17) is 11.6 Å². The van der Waals surface area contributed by atoms with Gasteiger partial charge in [-0.05, 0) is 32.0 Å². The summed E-state index contributed by atoms with van der Waals surface area (Å²) in [5.74, 6) is 0. The van der Waals surface area contributed by atoms with E-state index >= 15 is 0 Å². The Labute approximate surface area is 95.2 Å². The van der Waals surface area contributed by atoms with Crippen LogP contribution in [0.5, 0.6) is 0 Å². The van der Waals surface area contributed by atoms with Gasteiger partial charge in [-0.15, -0.1) is 0 Å². The number of nitrogens with zero attached hydrogens (tertiary/aromatic N) is 1. The van der Waals surface area contributed by atoms with Crippen LogP contribution < -0.4 is 10.6 Å². The Hall–Kier alpha value is -0.640. The Balaban J connectivity index is 1.92. The van der Waals surface area contributed by atoms with Crippen molar-refractivity contribution in [2.75, 3.05) is 13.1 Å². The van der Waals surface area contributed by atoms with E-state index < -0.39 is 0 Å². The third-order valence-electron chi connectivity index (χ3n) is 2.84. The van der Waals surface area contributed by atoms with Crippen LogP contribution in [0.3, 0.4) is 0 Å². The van der Waals surface area contributed by atoms with E-state index in [-0.39, 0.29) is 5.54 Å². The molecule has 0 saturated carbocycles. The summed E-state index contributed by atoms with van der Waals surface area (Å²) in [7, 11) is 0. The molecule has 2 N–H and O–H groups in total. The van der Waals surface area contributed by atoms with Gasteiger partial charge in [-0.1, -0.05) is 11.6 Å². The van der Waals surface area contributed by atoms with Crippen LogP contribution in [0.15, 0.2) is 18.3 Å². The van der Waals surface area contributed by atoms with E-state index in [0.717, 1.165) is 36.8 Å². The third kappa shape index (κ3) is 2.91. The lowest BCUT2D eigenvalue weighted by atomic mass is 10.0. The number of halogens is 1. The third-order valence-corrected chi connectivity index (χ3v) is 3.08. The molecule has 1 aliphatic heterocycles. The summed E-state index contributed by atoms with van der Waals surface area (Å²) in [6.07, 6.45) is 2.90. The predicted molar refractivity (Wildman–Crippen MR) is 62.0 cm³/mol. The summed E-state index contributed by atoms with van der Waals surface area (Å²) in [5.41, 5.74) is 1.19. The van der Waals surface area contributed by atoms with Gasteiger partial charge in [0.15, 0.2) is 0 Å². The summed E-state index contributed by atoms with van der Waals surface area (Å²) in [6.45, 7) is 5.12. The second kappa shape index (κ2) is 4.47. The van der Waals surface area contributed by atoms with Gasteiger partial charge >= 0.3 is 0 Å². The van der Waals surface area contributed by atoms with Crippen LogP contribution >= 0.6 is 11.6 Å². The van der Waals surface area contributed by atoms with Crippen LogP contribution in [-0.4, -0.2) is 23.6 Å². The van der Waals surface area contributed by atoms with Crippen LogP contribution in [0.2, 0.25) is 5.02 Å². The minimum Gasteiger partial charge on any atom is -0.315 e. The highest BCUT2D eigenvalue weighted by Gasteiger charge is 2.27. The Bertz CT molecular complexity index is 334. The lowest BCUT2D eigenvalue weighted by molar-refractivity contribution is 0.383. The minimum atomic E-state index is 0.198. The van der Waals surface area contributed by atoms with Gasteiger partial charge in [0, 0.05) is 29.8 Å². The smallest absolute Gasteiger partial charge is 0.0556 e. The first kappa shape index (κ1) is 10.9. The highest BCUT2D eigenvalue weighted by atomic mass is 35.5. The van der Waals surface area contributed by atoms with Crippen LogP contribution in [0.1, 0.15) is 19.0 Å². The summed E-state index contributed by atoms with van der Waals surface area (Å²) >= 11 is 5.89. The Morgan fingerprint density at radius 1 is 1.67 bits per heavy atom. The highest BCUT2D eigenvalue weighted by Crippen LogP contribution is 2.14. The molecule has 4 heteroatoms. The van der Waals surface area contributed by atoms with E-state index in [1.54, 1.807) is 12.3 Å². The fourth-order valence-corrected chi connectivity index (χ4v) is 2.00. The van der Waals surface area contributed by atoms with Gasteiger partial charge in [0.2, 0.25) is 0 Å². The van der Waals surface area contributed by atoms with Gasteiger partial charge in [-0.3, -0.25) is 4.98 Å². The van der Waals surface area contributed by atoms with Gasteiger partial charge < -0.3 is 10.6 Å². The van der Waals surface area contributed by atoms with Crippen LogP contribution in [0.25, 0.3) is 0 Å². The summed E-state index contributed by atoms with van der Waals surface area (Å²) < 4.78 is 0. The molecule has 15 heavy (non-hydrogen) atoms. The first-order chi connectivity index (χ1) is 7.18. The van der Waals surface area contributed by atoms with E-state index in [1.807, 2.05) is 6.07 Å². The Morgan fingerprint density at radius 3 is 3.20 bits per heavy atom. The Morgan fingerprint density at radius 2 is 2.53 bits per heavy atom. The number of pyridine rings is 1. The SMILES string of the molecule is CC1(NCc2cc(Cl)ccn2)CCNC1. The molecule has 82 valence electrons. The molecule has 0 amide bonds. The van der Waals surface area contributed by atoms with Crippen molar-refractivity contribution in [1.29, 1.82) is 0 Å². The van der Waals surface area contributed by atoms with Crippen LogP contribution in [0.4, 0.5) is 0 Å². The quantitative estimate of drug-likeness (QED) is 0.820. The summed E-state index contributed by atoms with van der Waals surface area (Å²) in [5, 5.41) is 7.62. The molecular formula is C11H16ClN3. The maximum Gasteiger partial charge on any atom is 0.0556 e. The zero-order chi connectivity index (χ0) is 10.7. The molecule has 2 rings (SSSR count). The molecule has 0 radical (unpaired) electrons. The van der Waals surface area contributed by atoms with E-state index in [0.29, 0.717) is 0 Å². The molecular weight excluding hydrogens is 210 g/mol. The number of hydrogen-bond donors (Lipinski definition) is 2. The lowest BCUT2D eigenvalue weighted by Gasteiger charge is -2.24. The first-order valence-corrected chi connectivity index (χ1v) is 5.62. The fraction of sp³-hybridized carbons (Fsp3) is 0.545. The van der Waals surface area contributed by atoms with Crippen molar-refractivity contribution in [3.8, 4) is 0 Å². The van der Waals surface area contributed by atoms with Gasteiger partial charge in [0.25, 0.3) is 0 Å². The van der Waals surface area contributed by atoms with E-state index in [2.05, 4.69) is 22.5 Å². The number of rotatable bonds is 3. The zero-order valence-corrected chi connectivity index (χ0v) is 9.64. The molecule has 1 aromatic rings. The van der Waals surface area contributed by atoms with E-state index in [9.17, 15) is 0 Å². The maximum absolute atomic E-state index is 5.89. The fourth-order valence-electron chi connectivity index (χ4n) is 1.82. The average Bonchev–Trinajstić information content (AvgIpc) is 2.63. The Kier molecular flexibility index (Phi) is 3.24. The van der Waals surface area contributed by atoms with Crippen LogP contribution in [0, 0.1) is 0 Å². The highest BCUT2D eigenvalue weighted by molar-refractivity contribution is 6.30. The summed E-state index contributed by atoms with van der Waals surface area (Å²) in [6, 6.07) is 3.70. The number of nitrogens with one attached hydrogen (secondary N) is 2. The average molecular weight is 226 g/mol. The monoisotopic (exact) mass is 225 g/mol. The normalized spacial score (nSPS) is 25.7. The molecule has 2 heterocycles. The molecule has 1 saturated heterocycles. The second-order valence-corrected chi connectivity index (χ2v) is 4.74. The van der Waals surface area contributed by atoms with Crippen molar-refractivity contribution in [2.45, 2.75) is 25.4 Å². The van der Waals surface area contributed by atoms with Crippen molar-refractivity contribution in [3.05, 3.63) is 29.0 Å². The molecule has 1 aliphatic rings. The molecule has 1 aromatic heterocycles. The largest absolute Gasteiger partial charge is 0.315 e. The topological polar surface area (TPSA) is 37.0 Å². The standard InChI is InChI=1S/C11H16ClN3/c1-11(3-5-13-8-11)15-7-10-6-9(12)2-4-14-10/h2,4,6,13,15H,3,5,7-8H2,1H3. The maximum atomic E-state index is 5.89. The molecule has 0 spiro atoms. The van der Waals surface area contributed by atoms with Crippen molar-refractivity contribution in [3.63, 3.8) is 0 Å². The molecule has 0 aromatic carbocycles. The molecule has 0 aliphatic carbocycles. The van der Waals surface area contributed by atoms with Gasteiger partial charge in [-0.2, -0.15) is 0 Å². The summed E-state index contributed by atoms with van der Waals surface area (Å²) in [4.78, 5) is 4.26. The second-order valence-electron chi connectivity index (χ2n) is 4.31. The molecule has 1 fully saturated rings. The van der Waals surface area contributed by atoms with Gasteiger partial charge in [0.1, 0.15) is 0 Å². The zero-order valence-electron chi connectivity index (χ0n) is 8.89. The van der Waals surface area contributed by atoms with Crippen molar-refractivity contribution in [2.24, 2.45) is 0 Å². The molecule has 3 nitrogen and oxygen atoms in total. The minimum absolute atomic E-state index is 0.198. The first-order valence-electron chi connectivity index (χ1n) is 5.24. The van der Waals surface area contributed by atoms with Gasteiger partial charge in [0.05, 0.1) is 5.69 Å². The number of aromatic nitrogens is 1. The van der Waals surface area contributed by atoms with E-state index in [1.165, 1.54) is 0 Å². The van der Waals surface area contributed by atoms with Crippen molar-refractivity contribution in [1.82, 2.24) is 15.6 Å². The van der Waals surface area contributed by atoms with Crippen LogP contribution in [-0.2, 0) is 6.54 Å². The molecule has 1 unspecified atom stereocenters. The molecule has 1 atom stereocenters. The van der Waals surface area contributed by atoms with Crippen molar-refractivity contribution < 1.29 is 0 Å². The van der Waals surface area contributed by atoms with Gasteiger partial charge in [-0.25, -0.2) is 0 Å². The van der Waals surface area contributed by atoms with Crippen molar-refractivity contribution >= 4 is 11.6 Å².